The summed E-state index contributed by atoms with van der Waals surface area (Å²) in [4.78, 5) is 25.9. The molecule has 2 N–H and O–H groups in total. The number of aryl methyl sites for hydroxylation is 1. The maximum Gasteiger partial charge on any atom is 0.240 e. The Kier molecular flexibility index (Phi) is 6.40. The quantitative estimate of drug-likeness (QED) is 0.788. The average Bonchev–Trinajstić information content (AvgIpc) is 2.52. The molecule has 5 heteroatoms. The zero-order chi connectivity index (χ0) is 15.8. The number of hydrogen-bond donors (Lipinski definition) is 2. The number of amides is 2. The van der Waals surface area contributed by atoms with Crippen molar-refractivity contribution >= 4 is 11.8 Å². The highest BCUT2D eigenvalue weighted by Crippen LogP contribution is 2.08. The summed E-state index contributed by atoms with van der Waals surface area (Å²) in [5.41, 5.74) is 1.30. The SMILES string of the molecule is CCNC(=O)CC1NCCN(CCCc2ccccc2)C1=O. The van der Waals surface area contributed by atoms with E-state index in [4.69, 9.17) is 0 Å². The predicted molar refractivity (Wildman–Crippen MR) is 86.4 cm³/mol. The summed E-state index contributed by atoms with van der Waals surface area (Å²) < 4.78 is 0. The van der Waals surface area contributed by atoms with Crippen molar-refractivity contribution in [3.05, 3.63) is 35.9 Å². The highest BCUT2D eigenvalue weighted by Gasteiger charge is 2.29. The van der Waals surface area contributed by atoms with Crippen molar-refractivity contribution in [2.45, 2.75) is 32.2 Å². The number of carbonyl (C=O) groups excluding carboxylic acids is 2. The first-order valence-corrected chi connectivity index (χ1v) is 8.03. The molecule has 0 aliphatic carbocycles. The number of carbonyl (C=O) groups is 2. The van der Waals surface area contributed by atoms with Crippen LogP contribution in [0.2, 0.25) is 0 Å². The fraction of sp³-hybridized carbons (Fsp3) is 0.529. The molecule has 1 atom stereocenters. The third-order valence-electron chi connectivity index (χ3n) is 3.88. The Bertz CT molecular complexity index is 490. The van der Waals surface area contributed by atoms with Crippen LogP contribution in [-0.2, 0) is 16.0 Å². The number of hydrogen-bond acceptors (Lipinski definition) is 3. The third-order valence-corrected chi connectivity index (χ3v) is 3.88. The Hall–Kier alpha value is -1.88. The van der Waals surface area contributed by atoms with Gasteiger partial charge >= 0.3 is 0 Å². The molecule has 22 heavy (non-hydrogen) atoms. The van der Waals surface area contributed by atoms with E-state index < -0.39 is 0 Å². The first-order chi connectivity index (χ1) is 10.7. The Morgan fingerprint density at radius 3 is 2.86 bits per heavy atom. The third kappa shape index (κ3) is 4.84. The van der Waals surface area contributed by atoms with Crippen LogP contribution < -0.4 is 10.6 Å². The van der Waals surface area contributed by atoms with Gasteiger partial charge in [-0.2, -0.15) is 0 Å². The second kappa shape index (κ2) is 8.54. The molecule has 2 rings (SSSR count). The number of nitrogens with one attached hydrogen (secondary N) is 2. The summed E-state index contributed by atoms with van der Waals surface area (Å²) in [5.74, 6) is -0.0231. The van der Waals surface area contributed by atoms with Crippen molar-refractivity contribution in [2.75, 3.05) is 26.2 Å². The Labute approximate surface area is 132 Å². The standard InChI is InChI=1S/C17H25N3O2/c1-2-18-16(21)13-15-17(22)20(12-10-19-15)11-6-9-14-7-4-3-5-8-14/h3-5,7-8,15,19H,2,6,9-13H2,1H3,(H,18,21). The monoisotopic (exact) mass is 303 g/mol. The summed E-state index contributed by atoms with van der Waals surface area (Å²) in [6.45, 7) is 4.70. The molecule has 1 saturated heterocycles. The maximum atomic E-state index is 12.4. The fourth-order valence-corrected chi connectivity index (χ4v) is 2.75. The lowest BCUT2D eigenvalue weighted by atomic mass is 10.1. The molecule has 1 heterocycles. The van der Waals surface area contributed by atoms with Gasteiger partial charge in [-0.1, -0.05) is 30.3 Å². The van der Waals surface area contributed by atoms with Crippen LogP contribution in [0, 0.1) is 0 Å². The van der Waals surface area contributed by atoms with Gasteiger partial charge in [-0.15, -0.1) is 0 Å². The molecule has 0 aromatic heterocycles. The van der Waals surface area contributed by atoms with Gasteiger partial charge in [-0.3, -0.25) is 9.59 Å². The van der Waals surface area contributed by atoms with E-state index in [1.165, 1.54) is 5.56 Å². The van der Waals surface area contributed by atoms with E-state index >= 15 is 0 Å². The number of nitrogens with zero attached hydrogens (tertiary/aromatic N) is 1. The topological polar surface area (TPSA) is 61.4 Å². The second-order valence-electron chi connectivity index (χ2n) is 5.58. The molecule has 1 unspecified atom stereocenters. The van der Waals surface area contributed by atoms with Crippen molar-refractivity contribution < 1.29 is 9.59 Å². The van der Waals surface area contributed by atoms with Crippen molar-refractivity contribution in [1.82, 2.24) is 15.5 Å². The van der Waals surface area contributed by atoms with E-state index in [0.717, 1.165) is 32.5 Å². The lowest BCUT2D eigenvalue weighted by Gasteiger charge is -2.33. The van der Waals surface area contributed by atoms with Crippen LogP contribution in [0.4, 0.5) is 0 Å². The van der Waals surface area contributed by atoms with Crippen LogP contribution in [0.1, 0.15) is 25.3 Å². The first kappa shape index (κ1) is 16.5. The molecular weight excluding hydrogens is 278 g/mol. The van der Waals surface area contributed by atoms with Crippen molar-refractivity contribution in [2.24, 2.45) is 0 Å². The Balaban J connectivity index is 1.78. The minimum atomic E-state index is -0.378. The van der Waals surface area contributed by atoms with Crippen LogP contribution in [0.5, 0.6) is 0 Å². The predicted octanol–water partition coefficient (Wildman–Crippen LogP) is 0.946. The maximum absolute atomic E-state index is 12.4. The van der Waals surface area contributed by atoms with Crippen LogP contribution in [-0.4, -0.2) is 48.9 Å². The van der Waals surface area contributed by atoms with E-state index in [-0.39, 0.29) is 24.3 Å². The molecule has 0 radical (unpaired) electrons. The summed E-state index contributed by atoms with van der Waals surface area (Å²) in [6, 6.07) is 9.92. The molecule has 1 aromatic rings. The lowest BCUT2D eigenvalue weighted by Crippen LogP contribution is -2.56. The zero-order valence-corrected chi connectivity index (χ0v) is 13.2. The van der Waals surface area contributed by atoms with E-state index in [9.17, 15) is 9.59 Å². The number of benzene rings is 1. The minimum absolute atomic E-state index is 0.0468. The summed E-state index contributed by atoms with van der Waals surface area (Å²) in [7, 11) is 0. The van der Waals surface area contributed by atoms with E-state index in [2.05, 4.69) is 22.8 Å². The van der Waals surface area contributed by atoms with E-state index in [0.29, 0.717) is 6.54 Å². The van der Waals surface area contributed by atoms with Gasteiger partial charge in [0.15, 0.2) is 0 Å². The molecule has 1 aliphatic rings. The zero-order valence-electron chi connectivity index (χ0n) is 13.2. The smallest absolute Gasteiger partial charge is 0.240 e. The van der Waals surface area contributed by atoms with Gasteiger partial charge in [-0.25, -0.2) is 0 Å². The van der Waals surface area contributed by atoms with Crippen LogP contribution in [0.3, 0.4) is 0 Å². The van der Waals surface area contributed by atoms with Crippen LogP contribution in [0.25, 0.3) is 0 Å². The molecule has 0 saturated carbocycles. The summed E-state index contributed by atoms with van der Waals surface area (Å²) in [6.07, 6.45) is 2.14. The molecule has 2 amide bonds. The van der Waals surface area contributed by atoms with Gasteiger partial charge in [0.25, 0.3) is 0 Å². The highest BCUT2D eigenvalue weighted by molar-refractivity contribution is 5.88. The summed E-state index contributed by atoms with van der Waals surface area (Å²) >= 11 is 0. The van der Waals surface area contributed by atoms with Gasteiger partial charge in [0.2, 0.25) is 11.8 Å². The molecule has 0 bridgehead atoms. The number of rotatable bonds is 7. The molecule has 1 fully saturated rings. The van der Waals surface area contributed by atoms with Gasteiger partial charge in [0.1, 0.15) is 0 Å². The normalized spacial score (nSPS) is 18.3. The molecule has 1 aliphatic heterocycles. The van der Waals surface area contributed by atoms with E-state index in [1.54, 1.807) is 0 Å². The Morgan fingerprint density at radius 1 is 1.36 bits per heavy atom. The van der Waals surface area contributed by atoms with Crippen molar-refractivity contribution in [3.8, 4) is 0 Å². The largest absolute Gasteiger partial charge is 0.356 e. The molecule has 120 valence electrons. The Morgan fingerprint density at radius 2 is 2.14 bits per heavy atom. The lowest BCUT2D eigenvalue weighted by molar-refractivity contribution is -0.138. The average molecular weight is 303 g/mol. The fourth-order valence-electron chi connectivity index (χ4n) is 2.75. The molecule has 0 spiro atoms. The molecular formula is C17H25N3O2. The first-order valence-electron chi connectivity index (χ1n) is 8.03. The van der Waals surface area contributed by atoms with Crippen molar-refractivity contribution in [3.63, 3.8) is 0 Å². The van der Waals surface area contributed by atoms with E-state index in [1.807, 2.05) is 30.0 Å². The highest BCUT2D eigenvalue weighted by atomic mass is 16.2. The number of piperazine rings is 1. The molecule has 1 aromatic carbocycles. The van der Waals surface area contributed by atoms with Gasteiger partial charge in [0.05, 0.1) is 12.5 Å². The van der Waals surface area contributed by atoms with Crippen LogP contribution in [0.15, 0.2) is 30.3 Å². The second-order valence-corrected chi connectivity index (χ2v) is 5.58. The van der Waals surface area contributed by atoms with Crippen LogP contribution >= 0.6 is 0 Å². The summed E-state index contributed by atoms with van der Waals surface area (Å²) in [5, 5.41) is 5.89. The van der Waals surface area contributed by atoms with Crippen molar-refractivity contribution in [1.29, 1.82) is 0 Å². The molecule has 5 nitrogen and oxygen atoms in total. The van der Waals surface area contributed by atoms with Gasteiger partial charge in [0, 0.05) is 26.2 Å². The van der Waals surface area contributed by atoms with Gasteiger partial charge in [-0.05, 0) is 25.3 Å². The van der Waals surface area contributed by atoms with Gasteiger partial charge < -0.3 is 15.5 Å². The minimum Gasteiger partial charge on any atom is -0.356 e.